The van der Waals surface area contributed by atoms with Crippen molar-refractivity contribution in [1.82, 2.24) is 10.2 Å². The molecule has 0 unspecified atom stereocenters. The minimum atomic E-state index is -0.554. The lowest BCUT2D eigenvalue weighted by atomic mass is 10.2. The molecule has 1 aromatic carbocycles. The monoisotopic (exact) mass is 314 g/mol. The fraction of sp³-hybridized carbons (Fsp3) is 0.600. The van der Waals surface area contributed by atoms with Crippen LogP contribution in [0.1, 0.15) is 0 Å². The molecule has 1 aliphatic heterocycles. The van der Waals surface area contributed by atoms with E-state index in [0.29, 0.717) is 17.3 Å². The molecule has 0 aromatic heterocycles. The predicted octanol–water partition coefficient (Wildman–Crippen LogP) is 1.000. The highest BCUT2D eigenvalue weighted by Gasteiger charge is 2.17. The lowest BCUT2D eigenvalue weighted by molar-refractivity contribution is -0.0196. The molecule has 2 N–H and O–H groups in total. The third kappa shape index (κ3) is 6.20. The molecule has 1 aromatic rings. The topological polar surface area (TPSA) is 54.0 Å². The van der Waals surface area contributed by atoms with Crippen LogP contribution in [-0.4, -0.2) is 68.7 Å². The van der Waals surface area contributed by atoms with Crippen molar-refractivity contribution >= 4 is 11.6 Å². The molecule has 5 nitrogen and oxygen atoms in total. The van der Waals surface area contributed by atoms with Crippen molar-refractivity contribution < 1.29 is 14.6 Å². The van der Waals surface area contributed by atoms with Crippen LogP contribution in [0.4, 0.5) is 0 Å². The van der Waals surface area contributed by atoms with E-state index in [4.69, 9.17) is 21.1 Å². The smallest absolute Gasteiger partial charge is 0.119 e. The Bertz CT molecular complexity index is 416. The van der Waals surface area contributed by atoms with Crippen LogP contribution < -0.4 is 10.1 Å². The zero-order valence-electron chi connectivity index (χ0n) is 12.3. The molecule has 6 heteroatoms. The molecule has 21 heavy (non-hydrogen) atoms. The van der Waals surface area contributed by atoms with Gasteiger partial charge in [0.05, 0.1) is 12.7 Å². The third-order valence-corrected chi connectivity index (χ3v) is 3.60. The number of hydrogen-bond acceptors (Lipinski definition) is 5. The zero-order valence-corrected chi connectivity index (χ0v) is 13.1. The van der Waals surface area contributed by atoms with Gasteiger partial charge in [-0.25, -0.2) is 0 Å². The van der Waals surface area contributed by atoms with E-state index in [1.807, 2.05) is 0 Å². The first-order valence-corrected chi connectivity index (χ1v) is 7.58. The van der Waals surface area contributed by atoms with Crippen LogP contribution in [-0.2, 0) is 4.74 Å². The van der Waals surface area contributed by atoms with Crippen molar-refractivity contribution in [3.63, 3.8) is 0 Å². The summed E-state index contributed by atoms with van der Waals surface area (Å²) in [5.74, 6) is 0.704. The van der Waals surface area contributed by atoms with Gasteiger partial charge in [0.2, 0.25) is 0 Å². The summed E-state index contributed by atoms with van der Waals surface area (Å²) in [6, 6.07) is 7.10. The van der Waals surface area contributed by atoms with E-state index in [1.165, 1.54) is 0 Å². The van der Waals surface area contributed by atoms with Gasteiger partial charge in [-0.1, -0.05) is 11.6 Å². The molecule has 0 saturated carbocycles. The molecule has 1 saturated heterocycles. The van der Waals surface area contributed by atoms with Crippen LogP contribution in [0.15, 0.2) is 24.3 Å². The van der Waals surface area contributed by atoms with Gasteiger partial charge in [0.25, 0.3) is 0 Å². The summed E-state index contributed by atoms with van der Waals surface area (Å²) < 4.78 is 11.1. The van der Waals surface area contributed by atoms with Gasteiger partial charge in [0.1, 0.15) is 18.5 Å². The van der Waals surface area contributed by atoms with E-state index in [2.05, 4.69) is 17.3 Å². The van der Waals surface area contributed by atoms with E-state index >= 15 is 0 Å². The third-order valence-electron chi connectivity index (χ3n) is 3.35. The van der Waals surface area contributed by atoms with Gasteiger partial charge in [-0.15, -0.1) is 0 Å². The first-order valence-electron chi connectivity index (χ1n) is 7.21. The van der Waals surface area contributed by atoms with E-state index in [-0.39, 0.29) is 12.7 Å². The fourth-order valence-corrected chi connectivity index (χ4v) is 2.31. The molecule has 2 atom stereocenters. The van der Waals surface area contributed by atoms with Crippen LogP contribution in [0.5, 0.6) is 5.75 Å². The Morgan fingerprint density at radius 3 is 2.95 bits per heavy atom. The van der Waals surface area contributed by atoms with Crippen molar-refractivity contribution in [2.45, 2.75) is 12.2 Å². The van der Waals surface area contributed by atoms with Crippen molar-refractivity contribution in [1.29, 1.82) is 0 Å². The van der Waals surface area contributed by atoms with Gasteiger partial charge < -0.3 is 24.8 Å². The molecule has 0 radical (unpaired) electrons. The number of rotatable bonds is 7. The molecule has 1 aliphatic rings. The van der Waals surface area contributed by atoms with Gasteiger partial charge in [-0.05, 0) is 31.3 Å². The van der Waals surface area contributed by atoms with Crippen LogP contribution >= 0.6 is 11.6 Å². The summed E-state index contributed by atoms with van der Waals surface area (Å²) in [7, 11) is 2.09. The Hall–Kier alpha value is -0.850. The number of likely N-dealkylation sites (N-methyl/N-ethyl adjacent to an activating group) is 1. The first-order chi connectivity index (χ1) is 10.1. The maximum atomic E-state index is 9.88. The second-order valence-electron chi connectivity index (χ2n) is 5.33. The lowest BCUT2D eigenvalue weighted by Crippen LogP contribution is -2.46. The number of halogens is 1. The van der Waals surface area contributed by atoms with Gasteiger partial charge in [-0.3, -0.25) is 0 Å². The standard InChI is InChI=1S/C15H23ClN2O3/c1-18-6-7-20-15(10-18)9-17-8-13(19)11-21-14-4-2-12(16)3-5-14/h2-5,13,15,17,19H,6-11H2,1H3/t13-,15-/m1/s1. The second-order valence-corrected chi connectivity index (χ2v) is 5.77. The second kappa shape index (κ2) is 8.56. The van der Waals surface area contributed by atoms with Gasteiger partial charge in [0, 0.05) is 31.2 Å². The SMILES string of the molecule is CN1CCO[C@H](CNC[C@@H](O)COc2ccc(Cl)cc2)C1. The maximum absolute atomic E-state index is 9.88. The summed E-state index contributed by atoms with van der Waals surface area (Å²) in [4.78, 5) is 2.25. The summed E-state index contributed by atoms with van der Waals surface area (Å²) in [6.07, 6.45) is -0.366. The summed E-state index contributed by atoms with van der Waals surface area (Å²) in [6.45, 7) is 4.14. The van der Waals surface area contributed by atoms with E-state index < -0.39 is 6.10 Å². The van der Waals surface area contributed by atoms with Crippen LogP contribution in [0, 0.1) is 0 Å². The Morgan fingerprint density at radius 2 is 2.24 bits per heavy atom. The minimum absolute atomic E-state index is 0.188. The molecular formula is C15H23ClN2O3. The molecule has 0 spiro atoms. The van der Waals surface area contributed by atoms with Crippen molar-refractivity contribution in [2.75, 3.05) is 46.4 Å². The Labute approximate surface area is 130 Å². The van der Waals surface area contributed by atoms with Crippen LogP contribution in [0.2, 0.25) is 5.02 Å². The molecular weight excluding hydrogens is 292 g/mol. The average Bonchev–Trinajstić information content (AvgIpc) is 2.47. The molecule has 0 bridgehead atoms. The average molecular weight is 315 g/mol. The molecule has 0 amide bonds. The number of benzene rings is 1. The van der Waals surface area contributed by atoms with Crippen LogP contribution in [0.25, 0.3) is 0 Å². The largest absolute Gasteiger partial charge is 0.491 e. The minimum Gasteiger partial charge on any atom is -0.491 e. The van der Waals surface area contributed by atoms with E-state index in [0.717, 1.165) is 26.2 Å². The van der Waals surface area contributed by atoms with Gasteiger partial charge >= 0.3 is 0 Å². The lowest BCUT2D eigenvalue weighted by Gasteiger charge is -2.30. The zero-order chi connectivity index (χ0) is 15.1. The highest BCUT2D eigenvalue weighted by atomic mass is 35.5. The van der Waals surface area contributed by atoms with Crippen molar-refractivity contribution in [3.05, 3.63) is 29.3 Å². The number of nitrogens with zero attached hydrogens (tertiary/aromatic N) is 1. The van der Waals surface area contributed by atoms with Gasteiger partial charge in [-0.2, -0.15) is 0 Å². The fourth-order valence-electron chi connectivity index (χ4n) is 2.18. The highest BCUT2D eigenvalue weighted by Crippen LogP contribution is 2.15. The number of ether oxygens (including phenoxy) is 2. The molecule has 0 aliphatic carbocycles. The predicted molar refractivity (Wildman–Crippen MR) is 83.1 cm³/mol. The quantitative estimate of drug-likeness (QED) is 0.786. The summed E-state index contributed by atoms with van der Waals surface area (Å²) in [5.41, 5.74) is 0. The number of aliphatic hydroxyl groups is 1. The maximum Gasteiger partial charge on any atom is 0.119 e. The number of morpholine rings is 1. The molecule has 2 rings (SSSR count). The number of nitrogens with one attached hydrogen (secondary N) is 1. The van der Waals surface area contributed by atoms with Crippen LogP contribution in [0.3, 0.4) is 0 Å². The summed E-state index contributed by atoms with van der Waals surface area (Å²) in [5, 5.41) is 13.8. The molecule has 118 valence electrons. The first kappa shape index (κ1) is 16.5. The Morgan fingerprint density at radius 1 is 1.48 bits per heavy atom. The van der Waals surface area contributed by atoms with Crippen molar-refractivity contribution in [3.8, 4) is 5.75 Å². The number of hydrogen-bond donors (Lipinski definition) is 2. The Balaban J connectivity index is 1.59. The Kier molecular flexibility index (Phi) is 6.73. The molecule has 1 fully saturated rings. The van der Waals surface area contributed by atoms with E-state index in [9.17, 15) is 5.11 Å². The number of aliphatic hydroxyl groups excluding tert-OH is 1. The normalized spacial score (nSPS) is 21.2. The molecule has 1 heterocycles. The highest BCUT2D eigenvalue weighted by molar-refractivity contribution is 6.30. The van der Waals surface area contributed by atoms with Gasteiger partial charge in [0.15, 0.2) is 0 Å². The van der Waals surface area contributed by atoms with Crippen molar-refractivity contribution in [2.24, 2.45) is 0 Å². The van der Waals surface area contributed by atoms with E-state index in [1.54, 1.807) is 24.3 Å². The summed E-state index contributed by atoms with van der Waals surface area (Å²) >= 11 is 5.80.